The number of nitrogens with one attached hydrogen (secondary N) is 1. The molecule has 2 aromatic carbocycles. The lowest BCUT2D eigenvalue weighted by Gasteiger charge is -2.34. The van der Waals surface area contributed by atoms with Crippen molar-refractivity contribution in [3.05, 3.63) is 66.0 Å². The first-order valence-electron chi connectivity index (χ1n) is 12.8. The molecule has 3 aromatic rings. The quantitative estimate of drug-likeness (QED) is 0.507. The highest BCUT2D eigenvalue weighted by Crippen LogP contribution is 2.48. The number of nitrogens with two attached hydrogens (primary N) is 1. The zero-order valence-corrected chi connectivity index (χ0v) is 20.9. The van der Waals surface area contributed by atoms with Gasteiger partial charge in [-0.2, -0.15) is 0 Å². The molecule has 36 heavy (non-hydrogen) atoms. The summed E-state index contributed by atoms with van der Waals surface area (Å²) in [4.78, 5) is 38.9. The number of fused-ring (bicyclic) bond motifs is 1. The Bertz CT molecular complexity index is 1240. The van der Waals surface area contributed by atoms with E-state index in [1.807, 2.05) is 61.2 Å². The van der Waals surface area contributed by atoms with Crippen LogP contribution in [0, 0.1) is 11.8 Å². The Balaban J connectivity index is 1.23. The maximum atomic E-state index is 13.0. The van der Waals surface area contributed by atoms with Crippen LogP contribution < -0.4 is 11.1 Å². The summed E-state index contributed by atoms with van der Waals surface area (Å²) < 4.78 is 0. The van der Waals surface area contributed by atoms with Gasteiger partial charge in [0.1, 0.15) is 17.7 Å². The third-order valence-electron chi connectivity index (χ3n) is 7.30. The van der Waals surface area contributed by atoms with Gasteiger partial charge in [0.15, 0.2) is 0 Å². The summed E-state index contributed by atoms with van der Waals surface area (Å²) in [6, 6.07) is 17.6. The molecule has 3 atom stereocenters. The summed E-state index contributed by atoms with van der Waals surface area (Å²) in [6.45, 7) is 7.49. The first kappa shape index (κ1) is 24.2. The van der Waals surface area contributed by atoms with Crippen molar-refractivity contribution in [3.63, 3.8) is 0 Å². The van der Waals surface area contributed by atoms with Gasteiger partial charge in [0.05, 0.1) is 12.1 Å². The molecule has 1 saturated heterocycles. The Morgan fingerprint density at radius 1 is 1.00 bits per heavy atom. The monoisotopic (exact) mass is 486 g/mol. The molecule has 8 heteroatoms. The van der Waals surface area contributed by atoms with Crippen molar-refractivity contribution in [2.45, 2.75) is 38.8 Å². The van der Waals surface area contributed by atoms with Gasteiger partial charge in [-0.3, -0.25) is 14.5 Å². The number of benzene rings is 2. The number of piperazine rings is 1. The fourth-order valence-corrected chi connectivity index (χ4v) is 5.12. The molecule has 2 heterocycles. The highest BCUT2D eigenvalue weighted by Gasteiger charge is 2.46. The molecule has 0 spiro atoms. The average Bonchev–Trinajstić information content (AvgIpc) is 3.68. The molecule has 0 radical (unpaired) electrons. The van der Waals surface area contributed by atoms with Gasteiger partial charge in [-0.25, -0.2) is 9.97 Å². The van der Waals surface area contributed by atoms with Gasteiger partial charge >= 0.3 is 0 Å². The second kappa shape index (κ2) is 10.2. The number of carbonyl (C=O) groups excluding carboxylic acids is 2. The Kier molecular flexibility index (Phi) is 6.87. The van der Waals surface area contributed by atoms with Gasteiger partial charge in [-0.05, 0) is 36.0 Å². The minimum absolute atomic E-state index is 0.0262. The van der Waals surface area contributed by atoms with E-state index in [1.165, 1.54) is 5.56 Å². The average molecular weight is 487 g/mol. The lowest BCUT2D eigenvalue weighted by molar-refractivity contribution is -0.134. The van der Waals surface area contributed by atoms with Crippen LogP contribution in [0.25, 0.3) is 10.9 Å². The lowest BCUT2D eigenvalue weighted by Crippen LogP contribution is -2.49. The smallest absolute Gasteiger partial charge is 0.240 e. The number of anilines is 1. The molecular formula is C28H34N6O2. The van der Waals surface area contributed by atoms with Crippen LogP contribution in [0.2, 0.25) is 0 Å². The van der Waals surface area contributed by atoms with Crippen LogP contribution in [-0.4, -0.2) is 63.8 Å². The SMILES string of the molecule is CC(C)[C@H](Nc1nc(CN2CCN(C(=O)C3C[C@@H]3c3ccccc3)CC2)nc2ccccc12)C(N)=O. The summed E-state index contributed by atoms with van der Waals surface area (Å²) in [7, 11) is 0. The zero-order chi connectivity index (χ0) is 25.2. The van der Waals surface area contributed by atoms with E-state index in [1.54, 1.807) is 0 Å². The minimum Gasteiger partial charge on any atom is -0.368 e. The zero-order valence-electron chi connectivity index (χ0n) is 20.9. The van der Waals surface area contributed by atoms with Gasteiger partial charge in [0.25, 0.3) is 0 Å². The maximum Gasteiger partial charge on any atom is 0.240 e. The van der Waals surface area contributed by atoms with Crippen molar-refractivity contribution >= 4 is 28.5 Å². The van der Waals surface area contributed by atoms with Crippen molar-refractivity contribution in [3.8, 4) is 0 Å². The second-order valence-corrected chi connectivity index (χ2v) is 10.2. The van der Waals surface area contributed by atoms with E-state index >= 15 is 0 Å². The summed E-state index contributed by atoms with van der Waals surface area (Å²) in [5, 5.41) is 4.12. The number of hydrogen-bond donors (Lipinski definition) is 2. The van der Waals surface area contributed by atoms with E-state index in [0.29, 0.717) is 37.2 Å². The summed E-state index contributed by atoms with van der Waals surface area (Å²) >= 11 is 0. The van der Waals surface area contributed by atoms with Gasteiger partial charge in [-0.1, -0.05) is 56.3 Å². The fraction of sp³-hybridized carbons (Fsp3) is 0.429. The van der Waals surface area contributed by atoms with Crippen molar-refractivity contribution in [2.24, 2.45) is 17.6 Å². The number of amides is 2. The predicted octanol–water partition coefficient (Wildman–Crippen LogP) is 3.00. The predicted molar refractivity (Wildman–Crippen MR) is 140 cm³/mol. The van der Waals surface area contributed by atoms with Crippen LogP contribution in [0.5, 0.6) is 0 Å². The highest BCUT2D eigenvalue weighted by atomic mass is 16.2. The number of hydrogen-bond acceptors (Lipinski definition) is 6. The van der Waals surface area contributed by atoms with Crippen molar-refractivity contribution in [1.29, 1.82) is 0 Å². The van der Waals surface area contributed by atoms with Crippen LogP contribution >= 0.6 is 0 Å². The first-order valence-corrected chi connectivity index (χ1v) is 12.8. The molecule has 2 aliphatic rings. The topological polar surface area (TPSA) is 104 Å². The third kappa shape index (κ3) is 5.18. The van der Waals surface area contributed by atoms with Crippen LogP contribution in [-0.2, 0) is 16.1 Å². The fourth-order valence-electron chi connectivity index (χ4n) is 5.12. The van der Waals surface area contributed by atoms with Crippen molar-refractivity contribution in [2.75, 3.05) is 31.5 Å². The molecule has 1 aliphatic heterocycles. The Hall–Kier alpha value is -3.52. The molecule has 5 rings (SSSR count). The first-order chi connectivity index (χ1) is 17.4. The number of aromatic nitrogens is 2. The van der Waals surface area contributed by atoms with E-state index < -0.39 is 11.9 Å². The number of nitrogens with zero attached hydrogens (tertiary/aromatic N) is 4. The molecular weight excluding hydrogens is 452 g/mol. The van der Waals surface area contributed by atoms with E-state index in [2.05, 4.69) is 22.3 Å². The van der Waals surface area contributed by atoms with E-state index in [4.69, 9.17) is 15.7 Å². The van der Waals surface area contributed by atoms with Gasteiger partial charge < -0.3 is 16.0 Å². The van der Waals surface area contributed by atoms with Gasteiger partial charge in [0, 0.05) is 37.5 Å². The van der Waals surface area contributed by atoms with Crippen molar-refractivity contribution < 1.29 is 9.59 Å². The molecule has 3 N–H and O–H groups in total. The lowest BCUT2D eigenvalue weighted by atomic mass is 10.0. The highest BCUT2D eigenvalue weighted by molar-refractivity contribution is 5.92. The Labute approximate surface area is 211 Å². The molecule has 188 valence electrons. The standard InChI is InChI=1S/C28H34N6O2/c1-18(2)25(26(29)35)32-27-20-10-6-7-11-23(20)30-24(31-27)17-33-12-14-34(15-13-33)28(36)22-16-21(22)19-8-4-3-5-9-19/h3-11,18,21-22,25H,12-17H2,1-2H3,(H2,29,35)(H,30,31,32)/t21-,22?,25+/m1/s1. The van der Waals surface area contributed by atoms with Crippen LogP contribution in [0.15, 0.2) is 54.6 Å². The molecule has 2 fully saturated rings. The number of rotatable bonds is 8. The minimum atomic E-state index is -0.521. The summed E-state index contributed by atoms with van der Waals surface area (Å²) in [5.74, 6) is 1.71. The molecule has 1 unspecified atom stereocenters. The van der Waals surface area contributed by atoms with E-state index in [9.17, 15) is 9.59 Å². The molecule has 1 aliphatic carbocycles. The summed E-state index contributed by atoms with van der Waals surface area (Å²) in [5.41, 5.74) is 7.73. The molecule has 0 bridgehead atoms. The molecule has 1 saturated carbocycles. The molecule has 1 aromatic heterocycles. The number of primary amides is 1. The van der Waals surface area contributed by atoms with Crippen LogP contribution in [0.4, 0.5) is 5.82 Å². The van der Waals surface area contributed by atoms with Crippen molar-refractivity contribution in [1.82, 2.24) is 19.8 Å². The number of carbonyl (C=O) groups is 2. The van der Waals surface area contributed by atoms with Crippen LogP contribution in [0.1, 0.15) is 37.6 Å². The van der Waals surface area contributed by atoms with Gasteiger partial charge in [-0.15, -0.1) is 0 Å². The van der Waals surface area contributed by atoms with Gasteiger partial charge in [0.2, 0.25) is 11.8 Å². The number of para-hydroxylation sites is 1. The van der Waals surface area contributed by atoms with Crippen LogP contribution in [0.3, 0.4) is 0 Å². The van der Waals surface area contributed by atoms with E-state index in [-0.39, 0.29) is 17.7 Å². The largest absolute Gasteiger partial charge is 0.368 e. The summed E-state index contributed by atoms with van der Waals surface area (Å²) in [6.07, 6.45) is 0.951. The third-order valence-corrected chi connectivity index (χ3v) is 7.30. The second-order valence-electron chi connectivity index (χ2n) is 10.2. The Morgan fingerprint density at radius 3 is 2.39 bits per heavy atom. The van der Waals surface area contributed by atoms with E-state index in [0.717, 1.165) is 30.4 Å². The molecule has 8 nitrogen and oxygen atoms in total. The Morgan fingerprint density at radius 2 is 1.69 bits per heavy atom. The maximum absolute atomic E-state index is 13.0. The molecule has 2 amide bonds. The normalized spacial score (nSPS) is 20.9.